The lowest BCUT2D eigenvalue weighted by molar-refractivity contribution is -0.146. The van der Waals surface area contributed by atoms with Crippen LogP contribution in [0, 0.1) is 17.7 Å². The molecule has 0 radical (unpaired) electrons. The highest BCUT2D eigenvalue weighted by Crippen LogP contribution is 2.26. The van der Waals surface area contributed by atoms with E-state index < -0.39 is 5.82 Å². The number of esters is 1. The van der Waals surface area contributed by atoms with Crippen molar-refractivity contribution in [1.82, 2.24) is 4.90 Å². The molecule has 1 fully saturated rings. The average molecular weight is 286 g/mol. The molecule has 1 aromatic carbocycles. The van der Waals surface area contributed by atoms with E-state index >= 15 is 0 Å². The Morgan fingerprint density at radius 2 is 2.26 bits per heavy atom. The zero-order chi connectivity index (χ0) is 14.0. The number of halogens is 2. The van der Waals surface area contributed by atoms with E-state index in [2.05, 4.69) is 4.90 Å². The Kier molecular flexibility index (Phi) is 4.42. The van der Waals surface area contributed by atoms with Gasteiger partial charge >= 0.3 is 5.97 Å². The highest BCUT2D eigenvalue weighted by molar-refractivity contribution is 6.30. The van der Waals surface area contributed by atoms with E-state index in [1.165, 1.54) is 13.2 Å². The van der Waals surface area contributed by atoms with Crippen molar-refractivity contribution in [2.75, 3.05) is 20.2 Å². The van der Waals surface area contributed by atoms with Gasteiger partial charge in [0, 0.05) is 19.6 Å². The van der Waals surface area contributed by atoms with Crippen molar-refractivity contribution in [3.8, 4) is 0 Å². The third kappa shape index (κ3) is 3.25. The maximum Gasteiger partial charge on any atom is 0.310 e. The monoisotopic (exact) mass is 285 g/mol. The molecule has 2 unspecified atom stereocenters. The maximum atomic E-state index is 13.4. The topological polar surface area (TPSA) is 29.5 Å². The molecule has 1 heterocycles. The van der Waals surface area contributed by atoms with E-state index in [4.69, 9.17) is 16.3 Å². The molecule has 19 heavy (non-hydrogen) atoms. The standard InChI is InChI=1S/C14H17ClFNO2/c1-9-6-17(8-11(9)14(18)19-2)7-10-3-4-12(15)13(16)5-10/h3-5,9,11H,6-8H2,1-2H3. The molecule has 0 N–H and O–H groups in total. The summed E-state index contributed by atoms with van der Waals surface area (Å²) in [5.41, 5.74) is 0.861. The number of hydrogen-bond donors (Lipinski definition) is 0. The molecular formula is C14H17ClFNO2. The first-order chi connectivity index (χ1) is 9.01. The van der Waals surface area contributed by atoms with Gasteiger partial charge in [-0.3, -0.25) is 9.69 Å². The first kappa shape index (κ1) is 14.3. The van der Waals surface area contributed by atoms with E-state index in [1.54, 1.807) is 6.07 Å². The van der Waals surface area contributed by atoms with Crippen molar-refractivity contribution in [3.63, 3.8) is 0 Å². The fraction of sp³-hybridized carbons (Fsp3) is 0.500. The minimum atomic E-state index is -0.407. The van der Waals surface area contributed by atoms with Crippen LogP contribution in [0.25, 0.3) is 0 Å². The minimum absolute atomic E-state index is 0.0952. The van der Waals surface area contributed by atoms with Crippen LogP contribution in [0.3, 0.4) is 0 Å². The normalized spacial score (nSPS) is 23.6. The molecule has 3 nitrogen and oxygen atoms in total. The van der Waals surface area contributed by atoms with Crippen molar-refractivity contribution in [1.29, 1.82) is 0 Å². The van der Waals surface area contributed by atoms with E-state index in [1.807, 2.05) is 13.0 Å². The molecule has 1 aliphatic rings. The fourth-order valence-electron chi connectivity index (χ4n) is 2.55. The second-order valence-corrected chi connectivity index (χ2v) is 5.46. The predicted octanol–water partition coefficient (Wildman–Crippen LogP) is 2.72. The van der Waals surface area contributed by atoms with Gasteiger partial charge < -0.3 is 4.74 Å². The van der Waals surface area contributed by atoms with Gasteiger partial charge in [0.25, 0.3) is 0 Å². The Morgan fingerprint density at radius 3 is 2.89 bits per heavy atom. The van der Waals surface area contributed by atoms with Gasteiger partial charge in [-0.2, -0.15) is 0 Å². The number of rotatable bonds is 3. The number of carbonyl (C=O) groups is 1. The predicted molar refractivity (Wildman–Crippen MR) is 71.4 cm³/mol. The molecule has 2 rings (SSSR count). The molecule has 1 saturated heterocycles. The first-order valence-electron chi connectivity index (χ1n) is 6.25. The van der Waals surface area contributed by atoms with Gasteiger partial charge in [-0.15, -0.1) is 0 Å². The number of likely N-dealkylation sites (tertiary alicyclic amines) is 1. The van der Waals surface area contributed by atoms with Crippen LogP contribution in [0.1, 0.15) is 12.5 Å². The second-order valence-electron chi connectivity index (χ2n) is 5.05. The molecule has 1 aliphatic heterocycles. The van der Waals surface area contributed by atoms with Gasteiger partial charge in [0.2, 0.25) is 0 Å². The third-order valence-electron chi connectivity index (χ3n) is 3.58. The molecule has 0 aromatic heterocycles. The summed E-state index contributed by atoms with van der Waals surface area (Å²) in [5.74, 6) is -0.417. The van der Waals surface area contributed by atoms with Crippen LogP contribution in [0.4, 0.5) is 4.39 Å². The largest absolute Gasteiger partial charge is 0.469 e. The van der Waals surface area contributed by atoms with Crippen LogP contribution in [-0.2, 0) is 16.1 Å². The quantitative estimate of drug-likeness (QED) is 0.800. The number of nitrogens with zero attached hydrogens (tertiary/aromatic N) is 1. The van der Waals surface area contributed by atoms with E-state index in [9.17, 15) is 9.18 Å². The highest BCUT2D eigenvalue weighted by Gasteiger charge is 2.35. The summed E-state index contributed by atoms with van der Waals surface area (Å²) in [6.07, 6.45) is 0. The number of hydrogen-bond acceptors (Lipinski definition) is 3. The average Bonchev–Trinajstić information content (AvgIpc) is 2.74. The molecule has 0 aliphatic carbocycles. The number of benzene rings is 1. The van der Waals surface area contributed by atoms with Gasteiger partial charge in [0.15, 0.2) is 0 Å². The Labute approximate surface area is 117 Å². The van der Waals surface area contributed by atoms with E-state index in [0.29, 0.717) is 13.1 Å². The lowest BCUT2D eigenvalue weighted by atomic mass is 9.99. The Bertz CT molecular complexity index is 481. The molecule has 0 spiro atoms. The summed E-state index contributed by atoms with van der Waals surface area (Å²) in [4.78, 5) is 13.7. The summed E-state index contributed by atoms with van der Waals surface area (Å²) in [5, 5.41) is 0.131. The Balaban J connectivity index is 2.01. The number of methoxy groups -OCH3 is 1. The molecule has 0 saturated carbocycles. The lowest BCUT2D eigenvalue weighted by Gasteiger charge is -2.15. The van der Waals surface area contributed by atoms with E-state index in [-0.39, 0.29) is 22.8 Å². The van der Waals surface area contributed by atoms with Crippen LogP contribution >= 0.6 is 11.6 Å². The molecule has 0 bridgehead atoms. The summed E-state index contributed by atoms with van der Waals surface area (Å²) >= 11 is 5.65. The van der Waals surface area contributed by atoms with Crippen molar-refractivity contribution in [2.45, 2.75) is 13.5 Å². The third-order valence-corrected chi connectivity index (χ3v) is 3.89. The molecule has 104 valence electrons. The summed E-state index contributed by atoms with van der Waals surface area (Å²) in [7, 11) is 1.41. The SMILES string of the molecule is COC(=O)C1CN(Cc2ccc(Cl)c(F)c2)CC1C. The van der Waals surface area contributed by atoms with E-state index in [0.717, 1.165) is 12.1 Å². The lowest BCUT2D eigenvalue weighted by Crippen LogP contribution is -2.24. The summed E-state index contributed by atoms with van der Waals surface area (Å²) < 4.78 is 18.2. The molecule has 0 amide bonds. The number of carbonyl (C=O) groups excluding carboxylic acids is 1. The Hall–Kier alpha value is -1.13. The zero-order valence-electron chi connectivity index (χ0n) is 11.0. The van der Waals surface area contributed by atoms with Crippen LogP contribution in [0.2, 0.25) is 5.02 Å². The maximum absolute atomic E-state index is 13.4. The van der Waals surface area contributed by atoms with Gasteiger partial charge in [-0.05, 0) is 23.6 Å². The smallest absolute Gasteiger partial charge is 0.310 e. The molecular weight excluding hydrogens is 269 g/mol. The molecule has 5 heteroatoms. The van der Waals surface area contributed by atoms with Crippen molar-refractivity contribution >= 4 is 17.6 Å². The fourth-order valence-corrected chi connectivity index (χ4v) is 2.67. The molecule has 2 atom stereocenters. The Morgan fingerprint density at radius 1 is 1.53 bits per heavy atom. The van der Waals surface area contributed by atoms with Crippen LogP contribution < -0.4 is 0 Å². The van der Waals surface area contributed by atoms with Crippen molar-refractivity contribution < 1.29 is 13.9 Å². The molecule has 1 aromatic rings. The van der Waals surface area contributed by atoms with Crippen molar-refractivity contribution in [2.24, 2.45) is 11.8 Å². The second kappa shape index (κ2) is 5.88. The zero-order valence-corrected chi connectivity index (χ0v) is 11.8. The van der Waals surface area contributed by atoms with Gasteiger partial charge in [-0.25, -0.2) is 4.39 Å². The summed E-state index contributed by atoms with van der Waals surface area (Å²) in [6, 6.07) is 4.81. The van der Waals surface area contributed by atoms with Gasteiger partial charge in [-0.1, -0.05) is 24.6 Å². The minimum Gasteiger partial charge on any atom is -0.469 e. The van der Waals surface area contributed by atoms with Crippen LogP contribution in [0.5, 0.6) is 0 Å². The van der Waals surface area contributed by atoms with Gasteiger partial charge in [0.05, 0.1) is 18.1 Å². The van der Waals surface area contributed by atoms with Crippen LogP contribution in [-0.4, -0.2) is 31.1 Å². The highest BCUT2D eigenvalue weighted by atomic mass is 35.5. The van der Waals surface area contributed by atoms with Crippen LogP contribution in [0.15, 0.2) is 18.2 Å². The number of ether oxygens (including phenoxy) is 1. The summed E-state index contributed by atoms with van der Waals surface area (Å²) in [6.45, 7) is 4.11. The van der Waals surface area contributed by atoms with Crippen molar-refractivity contribution in [3.05, 3.63) is 34.6 Å². The first-order valence-corrected chi connectivity index (χ1v) is 6.63. The van der Waals surface area contributed by atoms with Gasteiger partial charge in [0.1, 0.15) is 5.82 Å².